The van der Waals surface area contributed by atoms with E-state index in [1.165, 1.54) is 6.92 Å². The summed E-state index contributed by atoms with van der Waals surface area (Å²) in [4.78, 5) is 26.8. The summed E-state index contributed by atoms with van der Waals surface area (Å²) in [5, 5.41) is 2.60. The molecule has 1 aromatic rings. The number of carbonyl (C=O) groups is 2. The zero-order valence-electron chi connectivity index (χ0n) is 12.3. The molecular formula is C15H19N3O3. The van der Waals surface area contributed by atoms with Gasteiger partial charge in [-0.15, -0.1) is 0 Å². The van der Waals surface area contributed by atoms with E-state index in [2.05, 4.69) is 15.0 Å². The molecule has 3 N–H and O–H groups in total. The molecule has 0 aliphatic carbocycles. The van der Waals surface area contributed by atoms with Crippen LogP contribution in [0.15, 0.2) is 46.7 Å². The fraction of sp³-hybridized carbons (Fsp3) is 0.267. The van der Waals surface area contributed by atoms with Gasteiger partial charge in [-0.3, -0.25) is 14.6 Å². The molecule has 1 rings (SSSR count). The second-order valence-corrected chi connectivity index (χ2v) is 4.42. The first-order valence-corrected chi connectivity index (χ1v) is 6.40. The summed E-state index contributed by atoms with van der Waals surface area (Å²) >= 11 is 0. The van der Waals surface area contributed by atoms with Crippen molar-refractivity contribution in [1.82, 2.24) is 5.32 Å². The van der Waals surface area contributed by atoms with E-state index in [-0.39, 0.29) is 6.61 Å². The number of nitrogens with zero attached hydrogens (tertiary/aromatic N) is 1. The molecular weight excluding hydrogens is 270 g/mol. The van der Waals surface area contributed by atoms with E-state index in [4.69, 9.17) is 5.73 Å². The number of para-hydroxylation sites is 1. The summed E-state index contributed by atoms with van der Waals surface area (Å²) in [5.74, 6) is -0.984. The van der Waals surface area contributed by atoms with Crippen LogP contribution in [-0.4, -0.2) is 24.2 Å². The Labute approximate surface area is 123 Å². The summed E-state index contributed by atoms with van der Waals surface area (Å²) in [6.07, 6.45) is 0. The molecule has 112 valence electrons. The van der Waals surface area contributed by atoms with Gasteiger partial charge in [-0.25, -0.2) is 0 Å². The van der Waals surface area contributed by atoms with Gasteiger partial charge in [-0.2, -0.15) is 0 Å². The SMILES string of the molecule is CC(=O)OCC(=O)NC(C(C)=Nc1ccccc1)=C(C)N. The second-order valence-electron chi connectivity index (χ2n) is 4.42. The van der Waals surface area contributed by atoms with Crippen LogP contribution in [0.3, 0.4) is 0 Å². The van der Waals surface area contributed by atoms with Gasteiger partial charge in [0.15, 0.2) is 6.61 Å². The Morgan fingerprint density at radius 3 is 2.33 bits per heavy atom. The number of carbonyl (C=O) groups excluding carboxylic acids is 2. The molecule has 0 aliphatic rings. The highest BCUT2D eigenvalue weighted by Crippen LogP contribution is 2.12. The lowest BCUT2D eigenvalue weighted by atomic mass is 10.2. The summed E-state index contributed by atoms with van der Waals surface area (Å²) in [5.41, 5.74) is 7.92. The fourth-order valence-electron chi connectivity index (χ4n) is 1.57. The maximum Gasteiger partial charge on any atom is 0.303 e. The molecule has 6 nitrogen and oxygen atoms in total. The number of hydrogen-bond donors (Lipinski definition) is 2. The monoisotopic (exact) mass is 289 g/mol. The Bertz CT molecular complexity index is 573. The first-order chi connectivity index (χ1) is 9.90. The molecule has 21 heavy (non-hydrogen) atoms. The molecule has 0 aliphatic heterocycles. The Kier molecular flexibility index (Phi) is 6.13. The van der Waals surface area contributed by atoms with Gasteiger partial charge in [0, 0.05) is 12.6 Å². The van der Waals surface area contributed by atoms with Crippen LogP contribution in [0.4, 0.5) is 5.69 Å². The lowest BCUT2D eigenvalue weighted by Gasteiger charge is -2.11. The van der Waals surface area contributed by atoms with E-state index in [1.54, 1.807) is 13.8 Å². The van der Waals surface area contributed by atoms with Crippen molar-refractivity contribution in [3.05, 3.63) is 41.7 Å². The van der Waals surface area contributed by atoms with Crippen molar-refractivity contribution >= 4 is 23.3 Å². The van der Waals surface area contributed by atoms with E-state index in [1.807, 2.05) is 30.3 Å². The van der Waals surface area contributed by atoms with Gasteiger partial charge in [0.2, 0.25) is 0 Å². The van der Waals surface area contributed by atoms with Crippen LogP contribution in [0, 0.1) is 0 Å². The van der Waals surface area contributed by atoms with E-state index >= 15 is 0 Å². The van der Waals surface area contributed by atoms with Crippen LogP contribution in [0.25, 0.3) is 0 Å². The lowest BCUT2D eigenvalue weighted by Crippen LogP contribution is -2.32. The second kappa shape index (κ2) is 7.84. The van der Waals surface area contributed by atoms with Crippen LogP contribution in [0.1, 0.15) is 20.8 Å². The molecule has 1 aromatic carbocycles. The molecule has 0 saturated carbocycles. The van der Waals surface area contributed by atoms with E-state index in [0.29, 0.717) is 17.1 Å². The highest BCUT2D eigenvalue weighted by atomic mass is 16.5. The van der Waals surface area contributed by atoms with Gasteiger partial charge in [-0.1, -0.05) is 18.2 Å². The van der Waals surface area contributed by atoms with Crippen LogP contribution in [0.5, 0.6) is 0 Å². The van der Waals surface area contributed by atoms with Gasteiger partial charge in [-0.05, 0) is 26.0 Å². The third-order valence-electron chi connectivity index (χ3n) is 2.48. The predicted molar refractivity (Wildman–Crippen MR) is 80.9 cm³/mol. The van der Waals surface area contributed by atoms with E-state index < -0.39 is 11.9 Å². The topological polar surface area (TPSA) is 93.8 Å². The van der Waals surface area contributed by atoms with Gasteiger partial charge < -0.3 is 15.8 Å². The van der Waals surface area contributed by atoms with Crippen molar-refractivity contribution in [2.75, 3.05) is 6.61 Å². The first-order valence-electron chi connectivity index (χ1n) is 6.40. The first kappa shape index (κ1) is 16.4. The van der Waals surface area contributed by atoms with Crippen molar-refractivity contribution in [2.24, 2.45) is 10.7 Å². The van der Waals surface area contributed by atoms with Crippen LogP contribution >= 0.6 is 0 Å². The molecule has 0 radical (unpaired) electrons. The maximum absolute atomic E-state index is 11.7. The standard InChI is InChI=1S/C15H19N3O3/c1-10(16)15(18-14(20)9-21-12(3)19)11(2)17-13-7-5-4-6-8-13/h4-8H,9,16H2,1-3H3,(H,18,20). The van der Waals surface area contributed by atoms with Crippen molar-refractivity contribution in [3.8, 4) is 0 Å². The average molecular weight is 289 g/mol. The number of hydrogen-bond acceptors (Lipinski definition) is 5. The Balaban J connectivity index is 2.84. The molecule has 1 amide bonds. The minimum Gasteiger partial charge on any atom is -0.456 e. The molecule has 0 saturated heterocycles. The summed E-state index contributed by atoms with van der Waals surface area (Å²) < 4.78 is 4.63. The van der Waals surface area contributed by atoms with Crippen molar-refractivity contribution in [2.45, 2.75) is 20.8 Å². The third kappa shape index (κ3) is 5.90. The summed E-state index contributed by atoms with van der Waals surface area (Å²) in [6, 6.07) is 9.30. The number of nitrogens with one attached hydrogen (secondary N) is 1. The highest BCUT2D eigenvalue weighted by Gasteiger charge is 2.11. The molecule has 0 heterocycles. The van der Waals surface area contributed by atoms with Gasteiger partial charge in [0.25, 0.3) is 5.91 Å². The molecule has 0 fully saturated rings. The number of nitrogens with two attached hydrogens (primary N) is 1. The number of allylic oxidation sites excluding steroid dienone is 2. The minimum absolute atomic E-state index is 0.356. The Morgan fingerprint density at radius 2 is 1.81 bits per heavy atom. The van der Waals surface area contributed by atoms with E-state index in [9.17, 15) is 9.59 Å². The number of esters is 1. The third-order valence-corrected chi connectivity index (χ3v) is 2.48. The van der Waals surface area contributed by atoms with Gasteiger partial charge >= 0.3 is 5.97 Å². The Hall–Kier alpha value is -2.63. The van der Waals surface area contributed by atoms with Crippen LogP contribution in [0.2, 0.25) is 0 Å². The molecule has 0 atom stereocenters. The van der Waals surface area contributed by atoms with Crippen molar-refractivity contribution in [1.29, 1.82) is 0 Å². The zero-order chi connectivity index (χ0) is 15.8. The zero-order valence-corrected chi connectivity index (χ0v) is 12.3. The number of rotatable bonds is 5. The minimum atomic E-state index is -0.519. The predicted octanol–water partition coefficient (Wildman–Crippen LogP) is 1.65. The average Bonchev–Trinajstić information content (AvgIpc) is 2.43. The highest BCUT2D eigenvalue weighted by molar-refractivity contribution is 6.03. The van der Waals surface area contributed by atoms with Gasteiger partial charge in [0.1, 0.15) is 0 Å². The van der Waals surface area contributed by atoms with Crippen molar-refractivity contribution in [3.63, 3.8) is 0 Å². The Morgan fingerprint density at radius 1 is 1.19 bits per heavy atom. The normalized spacial score (nSPS) is 12.4. The number of ether oxygens (including phenoxy) is 1. The lowest BCUT2D eigenvalue weighted by molar-refractivity contribution is -0.146. The number of aliphatic imine (C=N–C) groups is 1. The summed E-state index contributed by atoms with van der Waals surface area (Å²) in [7, 11) is 0. The van der Waals surface area contributed by atoms with E-state index in [0.717, 1.165) is 5.69 Å². The molecule has 0 unspecified atom stereocenters. The number of amides is 1. The molecule has 0 spiro atoms. The maximum atomic E-state index is 11.7. The molecule has 0 bridgehead atoms. The number of benzene rings is 1. The fourth-order valence-corrected chi connectivity index (χ4v) is 1.57. The van der Waals surface area contributed by atoms with Gasteiger partial charge in [0.05, 0.1) is 17.1 Å². The van der Waals surface area contributed by atoms with Crippen LogP contribution in [-0.2, 0) is 14.3 Å². The summed E-state index contributed by atoms with van der Waals surface area (Å²) in [6.45, 7) is 4.28. The van der Waals surface area contributed by atoms with Crippen molar-refractivity contribution < 1.29 is 14.3 Å². The largest absolute Gasteiger partial charge is 0.456 e. The van der Waals surface area contributed by atoms with Crippen LogP contribution < -0.4 is 11.1 Å². The molecule has 0 aromatic heterocycles. The molecule has 6 heteroatoms. The smallest absolute Gasteiger partial charge is 0.303 e. The quantitative estimate of drug-likeness (QED) is 0.636.